The predicted molar refractivity (Wildman–Crippen MR) is 137 cm³/mol. The van der Waals surface area contributed by atoms with E-state index < -0.39 is 0 Å². The van der Waals surface area contributed by atoms with Gasteiger partial charge in [-0.1, -0.05) is 42.5 Å². The molecule has 0 saturated carbocycles. The highest BCUT2D eigenvalue weighted by molar-refractivity contribution is 6.05. The van der Waals surface area contributed by atoms with Crippen LogP contribution >= 0.6 is 0 Å². The van der Waals surface area contributed by atoms with Crippen LogP contribution in [0.25, 0.3) is 11.1 Å². The number of nitrogens with one attached hydrogen (secondary N) is 1. The van der Waals surface area contributed by atoms with Gasteiger partial charge in [0.1, 0.15) is 5.75 Å². The lowest BCUT2D eigenvalue weighted by molar-refractivity contribution is 0.0766. The molecule has 5 rings (SSSR count). The highest BCUT2D eigenvalue weighted by Gasteiger charge is 2.27. The molecule has 6 heteroatoms. The molecule has 0 radical (unpaired) electrons. The number of ether oxygens (including phenoxy) is 1. The van der Waals surface area contributed by atoms with Crippen molar-refractivity contribution in [3.63, 3.8) is 0 Å². The molecule has 0 aliphatic carbocycles. The molecule has 0 unspecified atom stereocenters. The topological polar surface area (TPSA) is 84.7 Å². The number of rotatable bonds is 6. The van der Waals surface area contributed by atoms with Crippen molar-refractivity contribution in [1.82, 2.24) is 4.90 Å². The summed E-state index contributed by atoms with van der Waals surface area (Å²) in [5.74, 6) is 0.594. The van der Waals surface area contributed by atoms with E-state index in [1.807, 2.05) is 65.6 Å². The Balaban J connectivity index is 1.26. The zero-order valence-corrected chi connectivity index (χ0v) is 19.3. The number of para-hydroxylation sites is 2. The zero-order valence-electron chi connectivity index (χ0n) is 19.3. The van der Waals surface area contributed by atoms with Crippen molar-refractivity contribution in [2.45, 2.75) is 13.1 Å². The quantitative estimate of drug-likeness (QED) is 0.378. The number of hydrogen-bond acceptors (Lipinski definition) is 4. The monoisotopic (exact) mass is 463 g/mol. The second kappa shape index (κ2) is 9.35. The number of fused-ring (bicyclic) bond motifs is 1. The largest absolute Gasteiger partial charge is 0.497 e. The van der Waals surface area contributed by atoms with Crippen LogP contribution in [0, 0.1) is 0 Å². The fourth-order valence-corrected chi connectivity index (χ4v) is 4.26. The van der Waals surface area contributed by atoms with Crippen LogP contribution in [0.15, 0.2) is 91.0 Å². The number of hydrogen-bond donors (Lipinski definition) is 2. The van der Waals surface area contributed by atoms with E-state index in [1.54, 1.807) is 31.4 Å². The van der Waals surface area contributed by atoms with Crippen LogP contribution in [0.4, 0.5) is 11.4 Å². The van der Waals surface area contributed by atoms with Crippen molar-refractivity contribution < 1.29 is 14.3 Å². The number of methoxy groups -OCH3 is 1. The van der Waals surface area contributed by atoms with E-state index in [-0.39, 0.29) is 11.8 Å². The fraction of sp³-hybridized carbons (Fsp3) is 0.103. The van der Waals surface area contributed by atoms with Crippen LogP contribution in [-0.4, -0.2) is 23.8 Å². The molecular formula is C29H25N3O3. The maximum atomic E-state index is 13.0. The molecule has 0 atom stereocenters. The number of amides is 2. The highest BCUT2D eigenvalue weighted by atomic mass is 16.5. The standard InChI is InChI=1S/C29H25N3O3/c1-35-24-13-10-20(11-14-24)22-12-15-25-23(16-22)18-32(29(25)34)17-19-6-8-21(9-7-19)28(33)31-27-5-3-2-4-26(27)30/h2-16H,17-18,30H2,1H3,(H,31,33). The van der Waals surface area contributed by atoms with Gasteiger partial charge in [0.05, 0.1) is 18.5 Å². The Morgan fingerprint density at radius 3 is 2.37 bits per heavy atom. The number of benzene rings is 4. The van der Waals surface area contributed by atoms with Gasteiger partial charge < -0.3 is 20.7 Å². The zero-order chi connectivity index (χ0) is 24.4. The molecule has 1 aliphatic heterocycles. The minimum atomic E-state index is -0.231. The smallest absolute Gasteiger partial charge is 0.255 e. The first-order valence-electron chi connectivity index (χ1n) is 11.3. The fourth-order valence-electron chi connectivity index (χ4n) is 4.26. The number of anilines is 2. The van der Waals surface area contributed by atoms with Crippen molar-refractivity contribution in [1.29, 1.82) is 0 Å². The Bertz CT molecular complexity index is 1400. The van der Waals surface area contributed by atoms with E-state index in [0.29, 0.717) is 30.0 Å². The number of nitrogens with two attached hydrogens (primary N) is 1. The van der Waals surface area contributed by atoms with E-state index in [1.165, 1.54) is 0 Å². The first-order valence-corrected chi connectivity index (χ1v) is 11.3. The highest BCUT2D eigenvalue weighted by Crippen LogP contribution is 2.30. The summed E-state index contributed by atoms with van der Waals surface area (Å²) in [6.45, 7) is 1.02. The molecule has 4 aromatic carbocycles. The summed E-state index contributed by atoms with van der Waals surface area (Å²) in [6.07, 6.45) is 0. The minimum absolute atomic E-state index is 0.0163. The van der Waals surface area contributed by atoms with Crippen LogP contribution in [0.3, 0.4) is 0 Å². The van der Waals surface area contributed by atoms with Crippen LogP contribution in [0.1, 0.15) is 31.8 Å². The van der Waals surface area contributed by atoms with Crippen LogP contribution < -0.4 is 15.8 Å². The van der Waals surface area contributed by atoms with Crippen molar-refractivity contribution in [2.24, 2.45) is 0 Å². The first-order chi connectivity index (χ1) is 17.0. The lowest BCUT2D eigenvalue weighted by Crippen LogP contribution is -2.23. The van der Waals surface area contributed by atoms with Gasteiger partial charge in [-0.2, -0.15) is 0 Å². The molecule has 0 saturated heterocycles. The van der Waals surface area contributed by atoms with Crippen molar-refractivity contribution >= 4 is 23.2 Å². The average Bonchev–Trinajstić information content (AvgIpc) is 3.20. The summed E-state index contributed by atoms with van der Waals surface area (Å²) in [7, 11) is 1.65. The number of carbonyl (C=O) groups excluding carboxylic acids is 2. The van der Waals surface area contributed by atoms with Gasteiger partial charge in [0.15, 0.2) is 0 Å². The second-order valence-electron chi connectivity index (χ2n) is 8.50. The lowest BCUT2D eigenvalue weighted by atomic mass is 10.0. The minimum Gasteiger partial charge on any atom is -0.497 e. The SMILES string of the molecule is COc1ccc(-c2ccc3c(c2)CN(Cc2ccc(C(=O)Nc4ccccc4N)cc2)C3=O)cc1. The van der Waals surface area contributed by atoms with Gasteiger partial charge in [-0.15, -0.1) is 0 Å². The second-order valence-corrected chi connectivity index (χ2v) is 8.50. The van der Waals surface area contributed by atoms with Gasteiger partial charge in [-0.3, -0.25) is 9.59 Å². The van der Waals surface area contributed by atoms with E-state index in [2.05, 4.69) is 11.4 Å². The van der Waals surface area contributed by atoms with Gasteiger partial charge in [0.25, 0.3) is 11.8 Å². The molecule has 1 heterocycles. The third-order valence-corrected chi connectivity index (χ3v) is 6.21. The van der Waals surface area contributed by atoms with E-state index in [4.69, 9.17) is 10.5 Å². The maximum Gasteiger partial charge on any atom is 0.255 e. The number of carbonyl (C=O) groups is 2. The Labute approximate surface area is 204 Å². The molecule has 1 aliphatic rings. The third kappa shape index (κ3) is 4.59. The van der Waals surface area contributed by atoms with E-state index in [0.717, 1.165) is 33.6 Å². The van der Waals surface area contributed by atoms with Crippen molar-refractivity contribution in [3.05, 3.63) is 113 Å². The van der Waals surface area contributed by atoms with Crippen molar-refractivity contribution in [2.75, 3.05) is 18.2 Å². The number of nitrogens with zero attached hydrogens (tertiary/aromatic N) is 1. The maximum absolute atomic E-state index is 13.0. The molecule has 2 amide bonds. The van der Waals surface area contributed by atoms with Gasteiger partial charge in [0, 0.05) is 24.2 Å². The summed E-state index contributed by atoms with van der Waals surface area (Å²) < 4.78 is 5.24. The summed E-state index contributed by atoms with van der Waals surface area (Å²) >= 11 is 0. The average molecular weight is 464 g/mol. The summed E-state index contributed by atoms with van der Waals surface area (Å²) in [4.78, 5) is 27.4. The Kier molecular flexibility index (Phi) is 5.94. The summed E-state index contributed by atoms with van der Waals surface area (Å²) in [5, 5.41) is 2.83. The van der Waals surface area contributed by atoms with Gasteiger partial charge in [-0.25, -0.2) is 0 Å². The van der Waals surface area contributed by atoms with Crippen LogP contribution in [-0.2, 0) is 13.1 Å². The third-order valence-electron chi connectivity index (χ3n) is 6.21. The molecule has 0 aromatic heterocycles. The molecule has 4 aromatic rings. The molecule has 0 spiro atoms. The van der Waals surface area contributed by atoms with Crippen LogP contribution in [0.5, 0.6) is 5.75 Å². The van der Waals surface area contributed by atoms with Gasteiger partial charge in [-0.05, 0) is 70.8 Å². The molecule has 35 heavy (non-hydrogen) atoms. The van der Waals surface area contributed by atoms with Gasteiger partial charge in [0.2, 0.25) is 0 Å². The normalized spacial score (nSPS) is 12.4. The summed E-state index contributed by atoms with van der Waals surface area (Å²) in [5.41, 5.74) is 12.4. The van der Waals surface area contributed by atoms with E-state index in [9.17, 15) is 9.59 Å². The molecule has 0 bridgehead atoms. The Hall–Kier alpha value is -4.58. The first kappa shape index (κ1) is 22.2. The molecular weight excluding hydrogens is 438 g/mol. The van der Waals surface area contributed by atoms with E-state index >= 15 is 0 Å². The lowest BCUT2D eigenvalue weighted by Gasteiger charge is -2.16. The summed E-state index contributed by atoms with van der Waals surface area (Å²) in [6, 6.07) is 28.3. The van der Waals surface area contributed by atoms with Crippen molar-refractivity contribution in [3.8, 4) is 16.9 Å². The molecule has 3 N–H and O–H groups in total. The molecule has 174 valence electrons. The molecule has 0 fully saturated rings. The number of nitrogen functional groups attached to an aromatic ring is 1. The Morgan fingerprint density at radius 1 is 0.943 bits per heavy atom. The van der Waals surface area contributed by atoms with Crippen LogP contribution in [0.2, 0.25) is 0 Å². The Morgan fingerprint density at radius 2 is 1.66 bits per heavy atom. The molecule has 6 nitrogen and oxygen atoms in total. The van der Waals surface area contributed by atoms with Gasteiger partial charge >= 0.3 is 0 Å². The predicted octanol–water partition coefficient (Wildman–Crippen LogP) is 5.35.